The topological polar surface area (TPSA) is 92.4 Å². The predicted octanol–water partition coefficient (Wildman–Crippen LogP) is 3.19. The summed E-state index contributed by atoms with van der Waals surface area (Å²) in [5.41, 5.74) is 7.09. The van der Waals surface area contributed by atoms with Gasteiger partial charge in [0, 0.05) is 48.6 Å². The predicted molar refractivity (Wildman–Crippen MR) is 124 cm³/mol. The lowest BCUT2D eigenvalue weighted by Gasteiger charge is -2.45. The van der Waals surface area contributed by atoms with Gasteiger partial charge in [-0.2, -0.15) is 0 Å². The average Bonchev–Trinajstić information content (AvgIpc) is 2.79. The number of nitrogens with zero attached hydrogens (tertiary/aromatic N) is 4. The van der Waals surface area contributed by atoms with E-state index < -0.39 is 5.41 Å². The first-order chi connectivity index (χ1) is 15.2. The number of rotatable bonds is 3. The van der Waals surface area contributed by atoms with E-state index in [-0.39, 0.29) is 17.2 Å². The van der Waals surface area contributed by atoms with Crippen LogP contribution in [0.3, 0.4) is 0 Å². The number of nitrogens with two attached hydrogens (primary N) is 1. The van der Waals surface area contributed by atoms with Crippen molar-refractivity contribution >= 4 is 17.6 Å². The summed E-state index contributed by atoms with van der Waals surface area (Å²) < 4.78 is 0. The van der Waals surface area contributed by atoms with E-state index in [1.54, 1.807) is 0 Å². The van der Waals surface area contributed by atoms with Crippen LogP contribution in [0.5, 0.6) is 0 Å². The van der Waals surface area contributed by atoms with Crippen molar-refractivity contribution in [1.82, 2.24) is 19.8 Å². The molecule has 0 spiro atoms. The molecule has 170 valence electrons. The molecular formula is C25H33N5O2. The van der Waals surface area contributed by atoms with Crippen LogP contribution in [0, 0.1) is 12.3 Å². The summed E-state index contributed by atoms with van der Waals surface area (Å²) in [7, 11) is 0. The van der Waals surface area contributed by atoms with Crippen LogP contribution in [0.1, 0.15) is 61.4 Å². The molecule has 2 aromatic rings. The molecule has 1 aromatic carbocycles. The van der Waals surface area contributed by atoms with Gasteiger partial charge < -0.3 is 15.5 Å². The molecule has 2 saturated heterocycles. The Morgan fingerprint density at radius 1 is 0.906 bits per heavy atom. The number of aryl methyl sites for hydroxylation is 1. The quantitative estimate of drug-likeness (QED) is 0.799. The highest BCUT2D eigenvalue weighted by atomic mass is 16.2. The molecule has 2 amide bonds. The molecule has 0 radical (unpaired) electrons. The number of amides is 2. The lowest BCUT2D eigenvalue weighted by Crippen LogP contribution is -2.53. The SMILES string of the molecule is Cc1nc(N)cc(C2(C)CCN(C(=O)C3(C)CCN(C(=O)c4ccccc4)CC3)CC2)n1. The monoisotopic (exact) mass is 435 g/mol. The summed E-state index contributed by atoms with van der Waals surface area (Å²) >= 11 is 0. The molecule has 3 heterocycles. The number of aromatic nitrogens is 2. The Kier molecular flexibility index (Phi) is 5.93. The van der Waals surface area contributed by atoms with Gasteiger partial charge in [0.25, 0.3) is 5.91 Å². The van der Waals surface area contributed by atoms with E-state index in [9.17, 15) is 9.59 Å². The zero-order chi connectivity index (χ0) is 22.9. The Bertz CT molecular complexity index is 970. The van der Waals surface area contributed by atoms with Crippen molar-refractivity contribution in [3.05, 3.63) is 53.5 Å². The summed E-state index contributed by atoms with van der Waals surface area (Å²) in [6.45, 7) is 8.76. The Morgan fingerprint density at radius 2 is 1.50 bits per heavy atom. The summed E-state index contributed by atoms with van der Waals surface area (Å²) in [5.74, 6) is 1.44. The summed E-state index contributed by atoms with van der Waals surface area (Å²) in [4.78, 5) is 38.9. The second-order valence-corrected chi connectivity index (χ2v) is 9.80. The van der Waals surface area contributed by atoms with Crippen LogP contribution in [0.25, 0.3) is 0 Å². The Balaban J connectivity index is 1.36. The summed E-state index contributed by atoms with van der Waals surface area (Å²) in [5, 5.41) is 0. The van der Waals surface area contributed by atoms with Crippen LogP contribution >= 0.6 is 0 Å². The fourth-order valence-electron chi connectivity index (χ4n) is 4.92. The number of hydrogen-bond acceptors (Lipinski definition) is 5. The molecule has 1 aromatic heterocycles. The standard InChI is InChI=1S/C25H33N5O2/c1-18-27-20(17-21(26)28-18)24(2)9-15-30(16-10-24)23(32)25(3)11-13-29(14-12-25)22(31)19-7-5-4-6-8-19/h4-8,17H,9-16H2,1-3H3,(H2,26,27,28). The molecule has 2 aliphatic heterocycles. The first-order valence-electron chi connectivity index (χ1n) is 11.5. The molecule has 32 heavy (non-hydrogen) atoms. The minimum Gasteiger partial charge on any atom is -0.384 e. The van der Waals surface area contributed by atoms with Crippen LogP contribution in [-0.4, -0.2) is 57.8 Å². The van der Waals surface area contributed by atoms with E-state index >= 15 is 0 Å². The Hall–Kier alpha value is -2.96. The number of benzene rings is 1. The molecule has 0 bridgehead atoms. The molecule has 4 rings (SSSR count). The molecule has 2 aliphatic rings. The van der Waals surface area contributed by atoms with E-state index in [1.807, 2.05) is 53.1 Å². The van der Waals surface area contributed by atoms with Crippen LogP contribution in [0.2, 0.25) is 0 Å². The lowest BCUT2D eigenvalue weighted by molar-refractivity contribution is -0.145. The van der Waals surface area contributed by atoms with Crippen molar-refractivity contribution in [1.29, 1.82) is 0 Å². The second-order valence-electron chi connectivity index (χ2n) is 9.80. The minimum atomic E-state index is -0.420. The fourth-order valence-corrected chi connectivity index (χ4v) is 4.92. The van der Waals surface area contributed by atoms with Crippen LogP contribution < -0.4 is 5.73 Å². The highest BCUT2D eigenvalue weighted by molar-refractivity contribution is 5.94. The number of anilines is 1. The molecule has 0 saturated carbocycles. The van der Waals surface area contributed by atoms with Gasteiger partial charge in [-0.15, -0.1) is 0 Å². The number of likely N-dealkylation sites (tertiary alicyclic amines) is 2. The van der Waals surface area contributed by atoms with Gasteiger partial charge in [0.2, 0.25) is 5.91 Å². The molecule has 0 unspecified atom stereocenters. The highest BCUT2D eigenvalue weighted by Crippen LogP contribution is 2.38. The zero-order valence-corrected chi connectivity index (χ0v) is 19.3. The highest BCUT2D eigenvalue weighted by Gasteiger charge is 2.43. The van der Waals surface area contributed by atoms with Crippen molar-refractivity contribution in [2.75, 3.05) is 31.9 Å². The van der Waals surface area contributed by atoms with Crippen LogP contribution in [0.4, 0.5) is 5.82 Å². The van der Waals surface area contributed by atoms with Gasteiger partial charge in [-0.05, 0) is 44.7 Å². The van der Waals surface area contributed by atoms with Gasteiger partial charge in [0.05, 0.1) is 5.69 Å². The van der Waals surface area contributed by atoms with Crippen LogP contribution in [-0.2, 0) is 10.2 Å². The molecule has 2 fully saturated rings. The van der Waals surface area contributed by atoms with Gasteiger partial charge in [-0.25, -0.2) is 9.97 Å². The van der Waals surface area contributed by atoms with Gasteiger partial charge in [0.15, 0.2) is 0 Å². The van der Waals surface area contributed by atoms with Crippen molar-refractivity contribution < 1.29 is 9.59 Å². The number of nitrogen functional groups attached to an aromatic ring is 1. The lowest BCUT2D eigenvalue weighted by atomic mass is 9.75. The van der Waals surface area contributed by atoms with E-state index in [2.05, 4.69) is 23.8 Å². The van der Waals surface area contributed by atoms with Crippen molar-refractivity contribution in [2.24, 2.45) is 5.41 Å². The maximum Gasteiger partial charge on any atom is 0.253 e. The Labute approximate surface area is 190 Å². The third-order valence-corrected chi connectivity index (χ3v) is 7.32. The Morgan fingerprint density at radius 3 is 2.09 bits per heavy atom. The minimum absolute atomic E-state index is 0.0493. The van der Waals surface area contributed by atoms with Gasteiger partial charge >= 0.3 is 0 Å². The average molecular weight is 436 g/mol. The first kappa shape index (κ1) is 22.2. The molecule has 7 heteroatoms. The van der Waals surface area contributed by atoms with E-state index in [0.717, 1.165) is 18.5 Å². The fraction of sp³-hybridized carbons (Fsp3) is 0.520. The largest absolute Gasteiger partial charge is 0.384 e. The van der Waals surface area contributed by atoms with Crippen molar-refractivity contribution in [2.45, 2.75) is 51.9 Å². The van der Waals surface area contributed by atoms with Crippen molar-refractivity contribution in [3.8, 4) is 0 Å². The van der Waals surface area contributed by atoms with Gasteiger partial charge in [-0.1, -0.05) is 32.0 Å². The van der Waals surface area contributed by atoms with E-state index in [4.69, 9.17) is 5.73 Å². The third kappa shape index (κ3) is 4.33. The first-order valence-corrected chi connectivity index (χ1v) is 11.5. The number of piperidine rings is 2. The van der Waals surface area contributed by atoms with Gasteiger partial charge in [0.1, 0.15) is 11.6 Å². The molecule has 0 aliphatic carbocycles. The number of hydrogen-bond donors (Lipinski definition) is 1. The van der Waals surface area contributed by atoms with E-state index in [1.165, 1.54) is 0 Å². The maximum absolute atomic E-state index is 13.5. The summed E-state index contributed by atoms with van der Waals surface area (Å²) in [6, 6.07) is 11.2. The number of carbonyl (C=O) groups is 2. The maximum atomic E-state index is 13.5. The van der Waals surface area contributed by atoms with Crippen molar-refractivity contribution in [3.63, 3.8) is 0 Å². The third-order valence-electron chi connectivity index (χ3n) is 7.32. The summed E-state index contributed by atoms with van der Waals surface area (Å²) in [6.07, 6.45) is 3.09. The van der Waals surface area contributed by atoms with Gasteiger partial charge in [-0.3, -0.25) is 9.59 Å². The van der Waals surface area contributed by atoms with Crippen LogP contribution in [0.15, 0.2) is 36.4 Å². The number of carbonyl (C=O) groups excluding carboxylic acids is 2. The molecule has 7 nitrogen and oxygen atoms in total. The zero-order valence-electron chi connectivity index (χ0n) is 19.3. The van der Waals surface area contributed by atoms with E-state index in [0.29, 0.717) is 56.2 Å². The molecule has 0 atom stereocenters. The molecular weight excluding hydrogens is 402 g/mol. The molecule has 2 N–H and O–H groups in total. The normalized spacial score (nSPS) is 20.1. The smallest absolute Gasteiger partial charge is 0.253 e. The second kappa shape index (κ2) is 8.52.